The van der Waals surface area contributed by atoms with Gasteiger partial charge in [0.05, 0.1) is 31.4 Å². The van der Waals surface area contributed by atoms with E-state index in [1.807, 2.05) is 0 Å². The van der Waals surface area contributed by atoms with Crippen molar-refractivity contribution in [2.45, 2.75) is 25.9 Å². The van der Waals surface area contributed by atoms with Crippen LogP contribution in [-0.4, -0.2) is 41.6 Å². The fraction of sp³-hybridized carbons (Fsp3) is 0.318. The molecule has 0 bridgehead atoms. The smallest absolute Gasteiger partial charge is 0.261 e. The first-order valence-corrected chi connectivity index (χ1v) is 10.0. The zero-order valence-corrected chi connectivity index (χ0v) is 18.3. The van der Waals surface area contributed by atoms with Crippen LogP contribution in [0.3, 0.4) is 0 Å². The second kappa shape index (κ2) is 9.78. The molecule has 0 radical (unpaired) electrons. The van der Waals surface area contributed by atoms with E-state index in [2.05, 4.69) is 4.98 Å². The molecule has 3 aromatic rings. The van der Waals surface area contributed by atoms with E-state index >= 15 is 0 Å². The Morgan fingerprint density at radius 3 is 2.61 bits per heavy atom. The maximum absolute atomic E-state index is 13.9. The molecular weight excluding hydrogens is 425 g/mol. The first kappa shape index (κ1) is 22.6. The first-order chi connectivity index (χ1) is 14.8. The molecule has 164 valence electrons. The van der Waals surface area contributed by atoms with Gasteiger partial charge in [-0.3, -0.25) is 14.2 Å². The van der Waals surface area contributed by atoms with E-state index in [0.717, 1.165) is 0 Å². The topological polar surface area (TPSA) is 73.7 Å². The number of nitrogens with zero attached hydrogens (tertiary/aromatic N) is 3. The van der Waals surface area contributed by atoms with Crippen LogP contribution in [-0.2, 0) is 17.9 Å². The van der Waals surface area contributed by atoms with Gasteiger partial charge in [0.25, 0.3) is 5.56 Å². The van der Waals surface area contributed by atoms with Gasteiger partial charge in [0.1, 0.15) is 5.82 Å². The number of carbonyl (C=O) groups is 1. The highest BCUT2D eigenvalue weighted by Crippen LogP contribution is 2.29. The Hall–Kier alpha value is -3.13. The summed E-state index contributed by atoms with van der Waals surface area (Å²) in [5.41, 5.74) is 0.542. The van der Waals surface area contributed by atoms with Crippen LogP contribution in [0.2, 0.25) is 5.02 Å². The van der Waals surface area contributed by atoms with E-state index in [9.17, 15) is 14.0 Å². The minimum atomic E-state index is -0.451. The largest absolute Gasteiger partial charge is 0.493 e. The van der Waals surface area contributed by atoms with Gasteiger partial charge in [-0.1, -0.05) is 17.7 Å². The number of ether oxygens (including phenoxy) is 2. The number of hydrogen-bond donors (Lipinski definition) is 0. The molecule has 0 aliphatic heterocycles. The molecule has 0 aliphatic rings. The number of benzene rings is 2. The standard InChI is InChI=1S/C22H23ClFN3O4/c1-26(12-15-16(23)6-4-7-17(15)24)21(28)8-5-9-27-13-25-18-11-20(31-3)19(30-2)10-14(18)22(27)29/h4,6-7,10-11,13H,5,8-9,12H2,1-3H3. The van der Waals surface area contributed by atoms with Crippen molar-refractivity contribution in [2.75, 3.05) is 21.3 Å². The summed E-state index contributed by atoms with van der Waals surface area (Å²) < 4.78 is 25.9. The highest BCUT2D eigenvalue weighted by atomic mass is 35.5. The molecule has 0 aliphatic carbocycles. The monoisotopic (exact) mass is 447 g/mol. The van der Waals surface area contributed by atoms with Gasteiger partial charge in [-0.05, 0) is 24.6 Å². The second-order valence-corrected chi connectivity index (χ2v) is 7.43. The number of fused-ring (bicyclic) bond motifs is 1. The van der Waals surface area contributed by atoms with Crippen molar-refractivity contribution in [2.24, 2.45) is 0 Å². The van der Waals surface area contributed by atoms with Crippen molar-refractivity contribution in [3.63, 3.8) is 0 Å². The highest BCUT2D eigenvalue weighted by Gasteiger charge is 2.15. The van der Waals surface area contributed by atoms with E-state index in [1.54, 1.807) is 25.2 Å². The fourth-order valence-electron chi connectivity index (χ4n) is 3.24. The summed E-state index contributed by atoms with van der Waals surface area (Å²) in [6, 6.07) is 7.65. The number of aryl methyl sites for hydroxylation is 1. The van der Waals surface area contributed by atoms with Crippen LogP contribution in [0.25, 0.3) is 10.9 Å². The molecule has 1 heterocycles. The predicted octanol–water partition coefficient (Wildman–Crippen LogP) is 3.65. The molecule has 0 unspecified atom stereocenters. The molecule has 1 amide bonds. The summed E-state index contributed by atoms with van der Waals surface area (Å²) in [5, 5.41) is 0.679. The molecule has 0 spiro atoms. The zero-order chi connectivity index (χ0) is 22.5. The van der Waals surface area contributed by atoms with Gasteiger partial charge in [0, 0.05) is 43.2 Å². The lowest BCUT2D eigenvalue weighted by molar-refractivity contribution is -0.130. The van der Waals surface area contributed by atoms with Gasteiger partial charge in [0.15, 0.2) is 11.5 Å². The van der Waals surface area contributed by atoms with Crippen LogP contribution in [0.15, 0.2) is 41.5 Å². The molecule has 2 aromatic carbocycles. The Bertz CT molecular complexity index is 1150. The number of rotatable bonds is 8. The first-order valence-electron chi connectivity index (χ1n) is 9.63. The minimum absolute atomic E-state index is 0.0729. The molecule has 9 heteroatoms. The summed E-state index contributed by atoms with van der Waals surface area (Å²) in [4.78, 5) is 31.0. The highest BCUT2D eigenvalue weighted by molar-refractivity contribution is 6.31. The third-order valence-corrected chi connectivity index (χ3v) is 5.36. The Labute approximate surface area is 184 Å². The summed E-state index contributed by atoms with van der Waals surface area (Å²) in [6.07, 6.45) is 2.07. The number of halogens is 2. The molecular formula is C22H23ClFN3O4. The lowest BCUT2D eigenvalue weighted by atomic mass is 10.2. The van der Waals surface area contributed by atoms with Crippen LogP contribution in [0, 0.1) is 5.82 Å². The molecule has 0 saturated carbocycles. The summed E-state index contributed by atoms with van der Waals surface area (Å²) >= 11 is 6.03. The average molecular weight is 448 g/mol. The third kappa shape index (κ3) is 4.96. The van der Waals surface area contributed by atoms with Gasteiger partial charge in [-0.15, -0.1) is 0 Å². The summed E-state index contributed by atoms with van der Waals surface area (Å²) in [7, 11) is 4.60. The van der Waals surface area contributed by atoms with E-state index in [-0.39, 0.29) is 35.0 Å². The number of methoxy groups -OCH3 is 2. The van der Waals surface area contributed by atoms with E-state index in [1.165, 1.54) is 42.1 Å². The van der Waals surface area contributed by atoms with Crippen LogP contribution in [0.5, 0.6) is 11.5 Å². The molecule has 31 heavy (non-hydrogen) atoms. The van der Waals surface area contributed by atoms with Gasteiger partial charge in [-0.2, -0.15) is 0 Å². The normalized spacial score (nSPS) is 10.9. The molecule has 0 atom stereocenters. The lowest BCUT2D eigenvalue weighted by Crippen LogP contribution is -2.27. The molecule has 7 nitrogen and oxygen atoms in total. The SMILES string of the molecule is COc1cc2ncn(CCCC(=O)N(C)Cc3c(F)cccc3Cl)c(=O)c2cc1OC. The van der Waals surface area contributed by atoms with E-state index in [0.29, 0.717) is 35.4 Å². The third-order valence-electron chi connectivity index (χ3n) is 5.00. The van der Waals surface area contributed by atoms with Crippen molar-refractivity contribution in [1.82, 2.24) is 14.5 Å². The van der Waals surface area contributed by atoms with Crippen LogP contribution in [0.4, 0.5) is 4.39 Å². The van der Waals surface area contributed by atoms with E-state index < -0.39 is 5.82 Å². The number of amides is 1. The maximum atomic E-state index is 13.9. The molecule has 3 rings (SSSR count). The van der Waals surface area contributed by atoms with Gasteiger partial charge < -0.3 is 14.4 Å². The number of carbonyl (C=O) groups excluding carboxylic acids is 1. The Morgan fingerprint density at radius 2 is 1.94 bits per heavy atom. The Balaban J connectivity index is 1.66. The van der Waals surface area contributed by atoms with Crippen molar-refractivity contribution >= 4 is 28.4 Å². The van der Waals surface area contributed by atoms with Gasteiger partial charge >= 0.3 is 0 Å². The van der Waals surface area contributed by atoms with Gasteiger partial charge in [0.2, 0.25) is 5.91 Å². The number of hydrogen-bond acceptors (Lipinski definition) is 5. The molecule has 0 N–H and O–H groups in total. The van der Waals surface area contributed by atoms with Crippen LogP contribution < -0.4 is 15.0 Å². The maximum Gasteiger partial charge on any atom is 0.261 e. The predicted molar refractivity (Wildman–Crippen MR) is 116 cm³/mol. The van der Waals surface area contributed by atoms with Crippen LogP contribution in [0.1, 0.15) is 18.4 Å². The average Bonchev–Trinajstić information content (AvgIpc) is 2.76. The van der Waals surface area contributed by atoms with Crippen molar-refractivity contribution in [3.8, 4) is 11.5 Å². The zero-order valence-electron chi connectivity index (χ0n) is 17.5. The molecule has 0 fully saturated rings. The Morgan fingerprint density at radius 1 is 1.23 bits per heavy atom. The summed E-state index contributed by atoms with van der Waals surface area (Å²) in [5.74, 6) is 0.305. The van der Waals surface area contributed by atoms with Crippen molar-refractivity contribution in [1.29, 1.82) is 0 Å². The lowest BCUT2D eigenvalue weighted by Gasteiger charge is -2.18. The quantitative estimate of drug-likeness (QED) is 0.527. The number of aromatic nitrogens is 2. The van der Waals surface area contributed by atoms with Crippen molar-refractivity contribution in [3.05, 3.63) is 63.4 Å². The van der Waals surface area contributed by atoms with Crippen LogP contribution >= 0.6 is 11.6 Å². The minimum Gasteiger partial charge on any atom is -0.493 e. The van der Waals surface area contributed by atoms with E-state index in [4.69, 9.17) is 21.1 Å². The molecule has 0 saturated heterocycles. The van der Waals surface area contributed by atoms with Crippen molar-refractivity contribution < 1.29 is 18.7 Å². The van der Waals surface area contributed by atoms with Gasteiger partial charge in [-0.25, -0.2) is 9.37 Å². The summed E-state index contributed by atoms with van der Waals surface area (Å²) in [6.45, 7) is 0.388. The Kier molecular flexibility index (Phi) is 7.12. The fourth-order valence-corrected chi connectivity index (χ4v) is 3.47. The second-order valence-electron chi connectivity index (χ2n) is 7.02. The molecule has 1 aromatic heterocycles.